The molecule has 2 saturated heterocycles. The van der Waals surface area contributed by atoms with Crippen LogP contribution < -0.4 is 236 Å². The quantitative estimate of drug-likeness (QED) is 0.0552. The molecule has 51 heteroatoms. The summed E-state index contributed by atoms with van der Waals surface area (Å²) < 4.78 is 321. The van der Waals surface area contributed by atoms with Crippen LogP contribution >= 0.6 is 0 Å². The fraction of sp³-hybridized carbons (Fsp3) is 1.00. The molecule has 9 atom stereocenters. The van der Waals surface area contributed by atoms with Crippen molar-refractivity contribution >= 4 is 82.9 Å². The molecular weight excluding hydrogens is 1160 g/mol. The summed E-state index contributed by atoms with van der Waals surface area (Å²) in [6, 6.07) is 0. The molecule has 2 aliphatic rings. The minimum absolute atomic E-state index is 0. The summed E-state index contributed by atoms with van der Waals surface area (Å²) in [6.07, 6.45) is -26.5. The van der Waals surface area contributed by atoms with Crippen LogP contribution in [0.2, 0.25) is 0 Å². The second-order valence-corrected chi connectivity index (χ2v) is 18.4. The van der Waals surface area contributed by atoms with Crippen LogP contribution in [0.15, 0.2) is 0 Å². The van der Waals surface area contributed by atoms with E-state index < -0.39 is 163 Å². The first-order valence-electron chi connectivity index (χ1n) is 12.6. The molecule has 334 valence electrons. The van der Waals surface area contributed by atoms with Crippen molar-refractivity contribution in [2.45, 2.75) is 54.8 Å². The van der Waals surface area contributed by atoms with Gasteiger partial charge >= 0.3 is 236 Å². The van der Waals surface area contributed by atoms with Crippen molar-refractivity contribution in [1.82, 2.24) is 0 Å². The molecule has 0 aromatic carbocycles. The Morgan fingerprint density at radius 2 is 0.781 bits per heavy atom. The van der Waals surface area contributed by atoms with Crippen molar-refractivity contribution in [2.24, 2.45) is 0 Å². The molecule has 0 spiro atoms. The Morgan fingerprint density at radius 1 is 0.422 bits per heavy atom. The zero-order valence-corrected chi connectivity index (χ0v) is 56.0. The molecule has 0 N–H and O–H groups in total. The third-order valence-corrected chi connectivity index (χ3v) is 9.32. The van der Waals surface area contributed by atoms with Gasteiger partial charge in [0.15, 0.2) is 12.4 Å². The van der Waals surface area contributed by atoms with E-state index in [1.165, 1.54) is 0 Å². The average molecular weight is 1170 g/mol. The molecule has 35 nitrogen and oxygen atoms in total. The van der Waals surface area contributed by atoms with Gasteiger partial charge in [-0.05, 0) is 0 Å². The van der Waals surface area contributed by atoms with Crippen LogP contribution in [0.3, 0.4) is 0 Å². The smallest absolute Gasteiger partial charge is 0.746 e. The molecule has 0 amide bonds. The summed E-state index contributed by atoms with van der Waals surface area (Å²) in [5.41, 5.74) is 0. The van der Waals surface area contributed by atoms with Gasteiger partial charge in [0.25, 0.3) is 0 Å². The standard InChI is InChI=1S/C13H24O35S8.8Na/c14-49(15,16)4-38-10-9(47-55(32,33)34)7(45-53(26,27)28)5(1-39-50(17,18)19)42-12(10)44-13(3-41-52(23,24)25)11(48-56(35,36)37)8(46-54(29,30)31)6(43-13)2-40-51(20,21)22;;;;;;;;/h5-12H,1-4H2,(H,14,15,16)(H,17,18,19)(H,20,21,22)(H,23,24,25)(H,26,27,28)(H,29,30,31)(H,32,33,34)(H,35,36,37);;;;;;;;/q;8*+1/p-8/t5-,6-,7-,8-,9+,10-,11+,12-,13+;;;;;;;;/m1......../s1. The maximum absolute atomic E-state index is 11.7. The Bertz CT molecular complexity index is 2330. The van der Waals surface area contributed by atoms with Crippen molar-refractivity contribution in [3.05, 3.63) is 0 Å². The molecule has 0 saturated carbocycles. The number of rotatable bonds is 22. The predicted molar refractivity (Wildman–Crippen MR) is 142 cm³/mol. The maximum Gasteiger partial charge on any atom is 1.00 e. The summed E-state index contributed by atoms with van der Waals surface area (Å²) in [4.78, 5) is 0. The Kier molecular flexibility index (Phi) is 44.0. The molecule has 0 bridgehead atoms. The van der Waals surface area contributed by atoms with E-state index in [4.69, 9.17) is 14.2 Å². The van der Waals surface area contributed by atoms with Crippen molar-refractivity contribution in [3.63, 3.8) is 0 Å². The van der Waals surface area contributed by atoms with Crippen LogP contribution in [-0.2, 0) is 131 Å². The Balaban J connectivity index is -0.000000812. The molecule has 0 aromatic heterocycles. The Morgan fingerprint density at radius 3 is 1.14 bits per heavy atom. The monoisotopic (exact) mass is 1170 g/mol. The van der Waals surface area contributed by atoms with Gasteiger partial charge in [0.2, 0.25) is 78.6 Å². The van der Waals surface area contributed by atoms with Gasteiger partial charge in [-0.15, -0.1) is 0 Å². The average Bonchev–Trinajstić information content (AvgIpc) is 3.17. The zero-order valence-electron chi connectivity index (χ0n) is 33.5. The third-order valence-electron chi connectivity index (χ3n) is 5.83. The van der Waals surface area contributed by atoms with Crippen LogP contribution in [0.25, 0.3) is 0 Å². The van der Waals surface area contributed by atoms with Crippen molar-refractivity contribution < 1.29 is 388 Å². The minimum Gasteiger partial charge on any atom is -0.746 e. The normalized spacial score (nSPS) is 26.6. The van der Waals surface area contributed by atoms with Gasteiger partial charge in [0.05, 0.1) is 13.2 Å². The summed E-state index contributed by atoms with van der Waals surface area (Å²) in [5.74, 6) is -6.61. The largest absolute Gasteiger partial charge is 1.00 e. The first kappa shape index (κ1) is 84.8. The van der Waals surface area contributed by atoms with E-state index in [1.54, 1.807) is 0 Å². The number of ether oxygens (including phenoxy) is 4. The molecular formula is C13H16Na8O35S8. The second kappa shape index (κ2) is 33.2. The van der Waals surface area contributed by atoms with Crippen LogP contribution in [0.4, 0.5) is 0 Å². The van der Waals surface area contributed by atoms with Crippen LogP contribution in [0.1, 0.15) is 0 Å². The molecule has 0 radical (unpaired) electrons. The molecule has 2 heterocycles. The molecule has 2 aliphatic heterocycles. The summed E-state index contributed by atoms with van der Waals surface area (Å²) in [7, 11) is -49.9. The molecule has 2 fully saturated rings. The van der Waals surface area contributed by atoms with Gasteiger partial charge < -0.3 is 55.4 Å². The first-order chi connectivity index (χ1) is 24.7. The van der Waals surface area contributed by atoms with Gasteiger partial charge in [-0.25, -0.2) is 67.3 Å². The first-order valence-corrected chi connectivity index (χ1v) is 23.5. The van der Waals surface area contributed by atoms with E-state index >= 15 is 0 Å². The summed E-state index contributed by atoms with van der Waals surface area (Å²) in [5, 5.41) is 0. The van der Waals surface area contributed by atoms with E-state index in [0.29, 0.717) is 0 Å². The molecule has 64 heavy (non-hydrogen) atoms. The van der Waals surface area contributed by atoms with Crippen LogP contribution in [0.5, 0.6) is 0 Å². The number of hydrogen-bond donors (Lipinski definition) is 0. The number of hydrogen-bond acceptors (Lipinski definition) is 35. The van der Waals surface area contributed by atoms with E-state index in [1.807, 2.05) is 0 Å². The summed E-state index contributed by atoms with van der Waals surface area (Å²) in [6.45, 7) is -6.61. The van der Waals surface area contributed by atoms with E-state index in [0.717, 1.165) is 0 Å². The van der Waals surface area contributed by atoms with Gasteiger partial charge in [0.1, 0.15) is 59.3 Å². The Labute approximate surface area is 541 Å². The SMILES string of the molecule is O=S(=O)([O-])CO[C@H]1[C@@H](O[C@]2(COS(=O)(=O)[O-])O[C@H](COS(=O)(=O)[O-])[C@@H](OS(=O)(=O)[O-])[C@@H]2OS(=O)(=O)[O-])O[C@H](COS(=O)(=O)[O-])[C@@H](OS(=O)(=O)[O-])[C@@H]1OS(=O)(=O)[O-].[Na+].[Na+].[Na+].[Na+].[Na+].[Na+].[Na+].[Na+]. The van der Waals surface area contributed by atoms with Gasteiger partial charge in [-0.2, -0.15) is 0 Å². The summed E-state index contributed by atoms with van der Waals surface area (Å²) >= 11 is 0. The second-order valence-electron chi connectivity index (χ2n) is 9.82. The van der Waals surface area contributed by atoms with Crippen molar-refractivity contribution in [2.75, 3.05) is 25.8 Å². The third kappa shape index (κ3) is 34.5. The fourth-order valence-corrected chi connectivity index (χ4v) is 7.55. The van der Waals surface area contributed by atoms with E-state index in [-0.39, 0.29) is 236 Å². The van der Waals surface area contributed by atoms with Gasteiger partial charge in [-0.1, -0.05) is 0 Å². The van der Waals surface area contributed by atoms with Gasteiger partial charge in [0, 0.05) is 0 Å². The van der Waals surface area contributed by atoms with E-state index in [9.17, 15) is 104 Å². The van der Waals surface area contributed by atoms with Crippen molar-refractivity contribution in [1.29, 1.82) is 0 Å². The van der Waals surface area contributed by atoms with E-state index in [2.05, 4.69) is 34.0 Å². The molecule has 0 aliphatic carbocycles. The molecule has 0 aromatic rings. The minimum atomic E-state index is -6.54. The topological polar surface area (TPSA) is 559 Å². The van der Waals surface area contributed by atoms with Crippen molar-refractivity contribution in [3.8, 4) is 0 Å². The van der Waals surface area contributed by atoms with Crippen LogP contribution in [0, 0.1) is 0 Å². The molecule has 0 unspecified atom stereocenters. The fourth-order valence-electron chi connectivity index (χ4n) is 4.31. The molecule has 2 rings (SSSR count). The van der Waals surface area contributed by atoms with Crippen LogP contribution in [-0.4, -0.2) is 184 Å². The predicted octanol–water partition coefficient (Wildman–Crippen LogP) is -33.4. The van der Waals surface area contributed by atoms with Gasteiger partial charge in [-0.3, -0.25) is 29.3 Å². The zero-order chi connectivity index (χ0) is 43.7. The maximum atomic E-state index is 11.7. The Hall–Kier alpha value is 6.84.